The molecular formula is C17H22N6O2S. The molecule has 9 heteroatoms. The van der Waals surface area contributed by atoms with Gasteiger partial charge in [0.25, 0.3) is 0 Å². The lowest BCUT2D eigenvalue weighted by Crippen LogP contribution is -2.13. The Hall–Kier alpha value is -2.42. The van der Waals surface area contributed by atoms with Crippen LogP contribution in [0.5, 0.6) is 5.75 Å². The summed E-state index contributed by atoms with van der Waals surface area (Å²) >= 11 is 1.45. The van der Waals surface area contributed by atoms with Crippen LogP contribution in [0.1, 0.15) is 51.6 Å². The van der Waals surface area contributed by atoms with Gasteiger partial charge in [0.15, 0.2) is 5.82 Å². The number of benzene rings is 1. The Labute approximate surface area is 156 Å². The SMILES string of the molecule is CCOc1ccccc1-n1nnnc1SC(C)c1nc(C(C)(C)C)no1. The summed E-state index contributed by atoms with van der Waals surface area (Å²) in [6.45, 7) is 10.6. The molecule has 8 nitrogen and oxygen atoms in total. The molecule has 0 saturated carbocycles. The maximum absolute atomic E-state index is 5.68. The van der Waals surface area contributed by atoms with Crippen LogP contribution in [0.3, 0.4) is 0 Å². The standard InChI is InChI=1S/C17H22N6O2S/c1-6-24-13-10-8-7-9-12(13)23-16(19-21-22-23)26-11(2)14-18-15(20-25-14)17(3,4)5/h7-11H,6H2,1-5H3. The van der Waals surface area contributed by atoms with Crippen LogP contribution in [0.15, 0.2) is 33.9 Å². The van der Waals surface area contributed by atoms with Crippen molar-refractivity contribution < 1.29 is 9.26 Å². The summed E-state index contributed by atoms with van der Waals surface area (Å²) < 4.78 is 12.8. The van der Waals surface area contributed by atoms with Crippen LogP contribution < -0.4 is 4.74 Å². The van der Waals surface area contributed by atoms with Gasteiger partial charge in [-0.3, -0.25) is 0 Å². The van der Waals surface area contributed by atoms with E-state index in [9.17, 15) is 0 Å². The van der Waals surface area contributed by atoms with Gasteiger partial charge in [-0.2, -0.15) is 9.67 Å². The second-order valence-corrected chi connectivity index (χ2v) is 8.05. The molecule has 1 aromatic carbocycles. The van der Waals surface area contributed by atoms with E-state index in [0.29, 0.717) is 23.5 Å². The molecule has 0 bridgehead atoms. The van der Waals surface area contributed by atoms with Gasteiger partial charge in [0, 0.05) is 5.41 Å². The topological polar surface area (TPSA) is 91.8 Å². The van der Waals surface area contributed by atoms with Gasteiger partial charge in [0.2, 0.25) is 11.0 Å². The van der Waals surface area contributed by atoms with Crippen molar-refractivity contribution in [1.82, 2.24) is 30.3 Å². The molecule has 3 rings (SSSR count). The Morgan fingerprint density at radius 1 is 1.27 bits per heavy atom. The fourth-order valence-electron chi connectivity index (χ4n) is 2.23. The Kier molecular flexibility index (Phi) is 5.26. The predicted octanol–water partition coefficient (Wildman–Crippen LogP) is 3.59. The van der Waals surface area contributed by atoms with Crippen molar-refractivity contribution in [2.75, 3.05) is 6.61 Å². The minimum atomic E-state index is -0.163. The van der Waals surface area contributed by atoms with Gasteiger partial charge in [-0.15, -0.1) is 5.10 Å². The molecule has 0 saturated heterocycles. The lowest BCUT2D eigenvalue weighted by Gasteiger charge is -2.12. The van der Waals surface area contributed by atoms with E-state index in [0.717, 1.165) is 11.4 Å². The zero-order valence-electron chi connectivity index (χ0n) is 15.5. The Balaban J connectivity index is 1.84. The smallest absolute Gasteiger partial charge is 0.239 e. The zero-order valence-corrected chi connectivity index (χ0v) is 16.3. The van der Waals surface area contributed by atoms with Gasteiger partial charge >= 0.3 is 0 Å². The molecule has 0 aliphatic rings. The first-order valence-electron chi connectivity index (χ1n) is 8.41. The number of ether oxygens (including phenoxy) is 1. The van der Waals surface area contributed by atoms with E-state index in [1.165, 1.54) is 11.8 Å². The van der Waals surface area contributed by atoms with Crippen LogP contribution in [0.4, 0.5) is 0 Å². The Bertz CT molecular complexity index is 870. The monoisotopic (exact) mass is 374 g/mol. The maximum Gasteiger partial charge on any atom is 0.239 e. The number of hydrogen-bond donors (Lipinski definition) is 0. The predicted molar refractivity (Wildman–Crippen MR) is 97.6 cm³/mol. The van der Waals surface area contributed by atoms with Gasteiger partial charge in [-0.1, -0.05) is 49.8 Å². The van der Waals surface area contributed by atoms with Crippen molar-refractivity contribution in [2.45, 2.75) is 50.4 Å². The van der Waals surface area contributed by atoms with Gasteiger partial charge in [-0.05, 0) is 36.4 Å². The molecule has 1 atom stereocenters. The first kappa shape index (κ1) is 18.4. The first-order chi connectivity index (χ1) is 12.4. The number of hydrogen-bond acceptors (Lipinski definition) is 8. The first-order valence-corrected chi connectivity index (χ1v) is 9.29. The molecule has 0 radical (unpaired) electrons. The second-order valence-electron chi connectivity index (χ2n) is 6.74. The second kappa shape index (κ2) is 7.45. The number of aromatic nitrogens is 6. The van der Waals surface area contributed by atoms with E-state index in [-0.39, 0.29) is 10.7 Å². The number of thioether (sulfide) groups is 1. The number of rotatable bonds is 6. The lowest BCUT2D eigenvalue weighted by molar-refractivity contribution is 0.337. The molecule has 0 aliphatic heterocycles. The molecule has 3 aromatic rings. The van der Waals surface area contributed by atoms with Crippen LogP contribution in [-0.4, -0.2) is 37.0 Å². The third-order valence-electron chi connectivity index (χ3n) is 3.58. The van der Waals surface area contributed by atoms with Gasteiger partial charge < -0.3 is 9.26 Å². The molecular weight excluding hydrogens is 352 g/mol. The van der Waals surface area contributed by atoms with E-state index in [2.05, 4.69) is 25.7 Å². The minimum absolute atomic E-state index is 0.0948. The molecule has 0 fully saturated rings. The molecule has 0 aliphatic carbocycles. The highest BCUT2D eigenvalue weighted by Gasteiger charge is 2.25. The van der Waals surface area contributed by atoms with E-state index >= 15 is 0 Å². The van der Waals surface area contributed by atoms with Gasteiger partial charge in [-0.25, -0.2) is 0 Å². The summed E-state index contributed by atoms with van der Waals surface area (Å²) in [5, 5.41) is 16.7. The Morgan fingerprint density at radius 3 is 2.73 bits per heavy atom. The molecule has 0 amide bonds. The summed E-state index contributed by atoms with van der Waals surface area (Å²) in [5.41, 5.74) is 0.624. The maximum atomic E-state index is 5.68. The van der Waals surface area contributed by atoms with Crippen molar-refractivity contribution in [1.29, 1.82) is 0 Å². The molecule has 26 heavy (non-hydrogen) atoms. The summed E-state index contributed by atoms with van der Waals surface area (Å²) in [6.07, 6.45) is 0. The average Bonchev–Trinajstić information content (AvgIpc) is 3.24. The highest BCUT2D eigenvalue weighted by Crippen LogP contribution is 2.35. The van der Waals surface area contributed by atoms with Crippen molar-refractivity contribution >= 4 is 11.8 Å². The van der Waals surface area contributed by atoms with Crippen molar-refractivity contribution in [2.24, 2.45) is 0 Å². The fourth-order valence-corrected chi connectivity index (χ4v) is 3.06. The Morgan fingerprint density at radius 2 is 2.04 bits per heavy atom. The van der Waals surface area contributed by atoms with E-state index in [1.807, 2.05) is 58.9 Å². The van der Waals surface area contributed by atoms with Crippen molar-refractivity contribution in [3.8, 4) is 11.4 Å². The summed E-state index contributed by atoms with van der Waals surface area (Å²) in [6, 6.07) is 7.65. The molecule has 0 N–H and O–H groups in total. The molecule has 2 heterocycles. The quantitative estimate of drug-likeness (QED) is 0.604. The molecule has 2 aromatic heterocycles. The zero-order chi connectivity index (χ0) is 18.7. The molecule has 138 valence electrons. The van der Waals surface area contributed by atoms with Crippen LogP contribution in [0.25, 0.3) is 5.69 Å². The van der Waals surface area contributed by atoms with E-state index in [1.54, 1.807) is 4.68 Å². The highest BCUT2D eigenvalue weighted by atomic mass is 32.2. The number of para-hydroxylation sites is 2. The van der Waals surface area contributed by atoms with Crippen LogP contribution in [0, 0.1) is 0 Å². The summed E-state index contributed by atoms with van der Waals surface area (Å²) in [4.78, 5) is 4.51. The van der Waals surface area contributed by atoms with Gasteiger partial charge in [0.05, 0.1) is 11.9 Å². The molecule has 1 unspecified atom stereocenters. The van der Waals surface area contributed by atoms with Crippen molar-refractivity contribution in [3.05, 3.63) is 36.0 Å². The lowest BCUT2D eigenvalue weighted by atomic mass is 9.96. The van der Waals surface area contributed by atoms with Gasteiger partial charge in [0.1, 0.15) is 11.4 Å². The summed E-state index contributed by atoms with van der Waals surface area (Å²) in [7, 11) is 0. The van der Waals surface area contributed by atoms with Crippen LogP contribution in [-0.2, 0) is 5.41 Å². The van der Waals surface area contributed by atoms with Crippen molar-refractivity contribution in [3.63, 3.8) is 0 Å². The highest BCUT2D eigenvalue weighted by molar-refractivity contribution is 7.99. The molecule has 0 spiro atoms. The van der Waals surface area contributed by atoms with E-state index < -0.39 is 0 Å². The number of nitrogens with zero attached hydrogens (tertiary/aromatic N) is 6. The van der Waals surface area contributed by atoms with E-state index in [4.69, 9.17) is 9.26 Å². The fraction of sp³-hybridized carbons (Fsp3) is 0.471. The van der Waals surface area contributed by atoms with Crippen LogP contribution >= 0.6 is 11.8 Å². The normalized spacial score (nSPS) is 13.0. The third kappa shape index (κ3) is 3.87. The van der Waals surface area contributed by atoms with Crippen LogP contribution in [0.2, 0.25) is 0 Å². The third-order valence-corrected chi connectivity index (χ3v) is 4.60. The minimum Gasteiger partial charge on any atom is -0.492 e. The average molecular weight is 374 g/mol. The summed E-state index contributed by atoms with van der Waals surface area (Å²) in [5.74, 6) is 1.96. The largest absolute Gasteiger partial charge is 0.492 e. The number of tetrazole rings is 1.